The number of aryl methyl sites for hydroxylation is 1. The van der Waals surface area contributed by atoms with E-state index in [0.29, 0.717) is 102 Å². The van der Waals surface area contributed by atoms with Crippen LogP contribution in [0.5, 0.6) is 0 Å². The van der Waals surface area contributed by atoms with E-state index in [-0.39, 0.29) is 23.7 Å². The van der Waals surface area contributed by atoms with Crippen LogP contribution in [0.2, 0.25) is 0 Å². The zero-order valence-corrected chi connectivity index (χ0v) is 47.3. The molecule has 0 bridgehead atoms. The number of carbonyl (C=O) groups is 2. The zero-order valence-electron chi connectivity index (χ0n) is 47.3. The lowest BCUT2D eigenvalue weighted by Crippen LogP contribution is -2.72. The lowest BCUT2D eigenvalue weighted by atomic mass is 9.30. The van der Waals surface area contributed by atoms with Crippen LogP contribution >= 0.6 is 0 Å². The number of H-pyrrole nitrogens is 1. The van der Waals surface area contributed by atoms with Crippen molar-refractivity contribution in [3.05, 3.63) is 69.1 Å². The number of aliphatic hydroxyl groups is 4. The van der Waals surface area contributed by atoms with E-state index < -0.39 is 67.9 Å². The molecule has 414 valence electrons. The average Bonchev–Trinajstić information content (AvgIpc) is 3.84. The molecule has 1 spiro atoms. The summed E-state index contributed by atoms with van der Waals surface area (Å²) in [6, 6.07) is 4.86. The number of aromatic amines is 1. The van der Waals surface area contributed by atoms with Crippen LogP contribution < -0.4 is 5.32 Å². The topological polar surface area (TPSA) is 170 Å². The lowest BCUT2D eigenvalue weighted by molar-refractivity contribution is -0.262. The largest absolute Gasteiger partial charge is 0.393 e. The molecule has 3 aliphatic heterocycles. The van der Waals surface area contributed by atoms with E-state index in [2.05, 4.69) is 74.0 Å². The van der Waals surface area contributed by atoms with Gasteiger partial charge in [-0.1, -0.05) is 59.6 Å². The van der Waals surface area contributed by atoms with E-state index in [1.807, 2.05) is 20.9 Å². The van der Waals surface area contributed by atoms with Crippen LogP contribution in [0, 0.1) is 56.2 Å². The number of epoxide rings is 1. The van der Waals surface area contributed by atoms with Gasteiger partial charge in [0.15, 0.2) is 5.78 Å². The maximum absolute atomic E-state index is 15.7. The maximum atomic E-state index is 15.7. The fourth-order valence-electron chi connectivity index (χ4n) is 21.0. The average molecular weight is 1040 g/mol. The first-order valence-electron chi connectivity index (χ1n) is 30.4. The molecule has 10 aliphatic rings. The minimum absolute atomic E-state index is 0.00840. The smallest absolute Gasteiger partial charge is 0.160 e. The molecule has 7 fully saturated rings. The molecule has 11 nitrogen and oxygen atoms in total. The van der Waals surface area contributed by atoms with Gasteiger partial charge in [-0.05, 0) is 195 Å². The molecule has 13 rings (SSSR count). The number of nitrogens with zero attached hydrogens (tertiary/aromatic N) is 1. The van der Waals surface area contributed by atoms with E-state index in [9.17, 15) is 25.2 Å². The molecule has 0 amide bonds. The summed E-state index contributed by atoms with van der Waals surface area (Å²) in [5, 5.41) is 54.1. The number of fused-ring (bicyclic) bond motifs is 8. The molecule has 2 aromatic heterocycles. The Labute approximate surface area is 452 Å². The van der Waals surface area contributed by atoms with Gasteiger partial charge in [0.2, 0.25) is 0 Å². The first-order chi connectivity index (χ1) is 36.0. The van der Waals surface area contributed by atoms with Crippen LogP contribution in [0.1, 0.15) is 197 Å². The van der Waals surface area contributed by atoms with Crippen molar-refractivity contribution in [3.63, 3.8) is 0 Å². The number of nitrogens with one attached hydrogen (secondary N) is 2. The van der Waals surface area contributed by atoms with Crippen molar-refractivity contribution >= 4 is 22.6 Å². The van der Waals surface area contributed by atoms with E-state index in [4.69, 9.17) is 9.47 Å². The maximum Gasteiger partial charge on any atom is 0.160 e. The summed E-state index contributed by atoms with van der Waals surface area (Å²) in [6.45, 7) is 18.1. The third-order valence-corrected chi connectivity index (χ3v) is 25.1. The molecular formula is C65H91N3O8. The molecule has 2 saturated heterocycles. The third-order valence-electron chi connectivity index (χ3n) is 25.1. The summed E-state index contributed by atoms with van der Waals surface area (Å²) in [5.74, 6) is 0.978. The van der Waals surface area contributed by atoms with Gasteiger partial charge in [-0.25, -0.2) is 0 Å². The number of hydrogen-bond donors (Lipinski definition) is 6. The van der Waals surface area contributed by atoms with E-state index in [1.54, 1.807) is 0 Å². The Morgan fingerprint density at radius 2 is 1.66 bits per heavy atom. The molecule has 5 saturated carbocycles. The molecule has 15 unspecified atom stereocenters. The predicted molar refractivity (Wildman–Crippen MR) is 294 cm³/mol. The van der Waals surface area contributed by atoms with Crippen molar-refractivity contribution in [1.29, 1.82) is 0 Å². The minimum atomic E-state index is -0.917. The second-order valence-electron chi connectivity index (χ2n) is 29.2. The summed E-state index contributed by atoms with van der Waals surface area (Å²) in [6.07, 6.45) is 18.1. The predicted octanol–water partition coefficient (Wildman–Crippen LogP) is 10.1. The SMILES string of the molecule is CNCCC1(C)C(=O)CC2(CCC(O)C2)C2(C)C1CCC1(C)C2C(O)C2Cn3cc(Cc4cc5c(c(C6(O)CCOCC6)c4)CCC4CCCCC54)c4[nH]cc(c43)CCC(C)(CC(O)C3OC3(C)C)C3=C2C1(C)CC3=O. The zero-order chi connectivity index (χ0) is 53.3. The number of allylic oxidation sites excluding steroid dienone is 1. The summed E-state index contributed by atoms with van der Waals surface area (Å²) >= 11 is 0. The van der Waals surface area contributed by atoms with Gasteiger partial charge in [-0.2, -0.15) is 0 Å². The van der Waals surface area contributed by atoms with Gasteiger partial charge in [-0.3, -0.25) is 9.59 Å². The quantitative estimate of drug-likeness (QED) is 0.114. The first kappa shape index (κ1) is 52.2. The van der Waals surface area contributed by atoms with Crippen molar-refractivity contribution in [2.45, 2.75) is 225 Å². The number of benzene rings is 1. The number of hydrogen-bond acceptors (Lipinski definition) is 9. The normalized spacial score (nSPS) is 42.6. The van der Waals surface area contributed by atoms with Crippen molar-refractivity contribution in [3.8, 4) is 0 Å². The number of aromatic nitrogens is 2. The summed E-state index contributed by atoms with van der Waals surface area (Å²) < 4.78 is 14.4. The number of Topliss-reactive ketones (excluding diaryl/α,β-unsaturated/α-hetero) is 2. The highest BCUT2D eigenvalue weighted by atomic mass is 16.6. The third kappa shape index (κ3) is 7.28. The molecule has 6 N–H and O–H groups in total. The minimum Gasteiger partial charge on any atom is -0.393 e. The Kier molecular flexibility index (Phi) is 12.1. The summed E-state index contributed by atoms with van der Waals surface area (Å²) in [5.41, 5.74) is 6.98. The molecule has 5 heterocycles. The van der Waals surface area contributed by atoms with Gasteiger partial charge >= 0.3 is 0 Å². The highest BCUT2D eigenvalue weighted by Crippen LogP contribution is 2.80. The monoisotopic (exact) mass is 1040 g/mol. The molecular weight excluding hydrogens is 951 g/mol. The second kappa shape index (κ2) is 17.7. The Hall–Kier alpha value is -3.16. The highest BCUT2D eigenvalue weighted by molar-refractivity contribution is 6.02. The first-order valence-corrected chi connectivity index (χ1v) is 30.4. The molecule has 0 radical (unpaired) electrons. The van der Waals surface area contributed by atoms with Gasteiger partial charge < -0.3 is 44.8 Å². The molecule has 7 aliphatic carbocycles. The van der Waals surface area contributed by atoms with Crippen LogP contribution in [0.15, 0.2) is 35.7 Å². The number of ether oxygens (including phenoxy) is 2. The molecule has 1 aromatic carbocycles. The number of rotatable bonds is 9. The fraction of sp³-hybridized carbons (Fsp3) is 0.754. The van der Waals surface area contributed by atoms with E-state index >= 15 is 4.79 Å². The Bertz CT molecular complexity index is 2890. The summed E-state index contributed by atoms with van der Waals surface area (Å²) in [4.78, 5) is 34.5. The van der Waals surface area contributed by atoms with Crippen LogP contribution in [-0.2, 0) is 50.5 Å². The Morgan fingerprint density at radius 1 is 0.895 bits per heavy atom. The standard InChI is InChI=1S/C65H91N3O8/c1-58(2)57(76-58)48(71)31-59(3)18-15-39-34-67-53-40(27-37-28-44-42-12-10-9-11-38(42)13-14-43(44)46(29-37)65(74)22-25-75-26-23-65)35-68(54(39)53)36-45-51-52(59)47(70)32-62(51,6)61(5)19-17-49-60(4,21-24-66-8)50(72)33-64(20-16-41(69)30-64)63(49,7)56(61)55(45)73/h28-29,34-35,38,41-42,45,48-49,55-57,66-67,69,71,73-74H,9-27,30-33,36H2,1-8H3. The molecule has 76 heavy (non-hydrogen) atoms. The van der Waals surface area contributed by atoms with E-state index in [1.165, 1.54) is 59.9 Å². The van der Waals surface area contributed by atoms with Crippen LogP contribution in [0.4, 0.5) is 0 Å². The van der Waals surface area contributed by atoms with Crippen LogP contribution in [-0.4, -0.2) is 98.4 Å². The molecule has 11 heteroatoms. The van der Waals surface area contributed by atoms with Crippen molar-refractivity contribution in [2.75, 3.05) is 26.8 Å². The molecule has 3 aromatic rings. The van der Waals surface area contributed by atoms with Crippen LogP contribution in [0.25, 0.3) is 11.0 Å². The number of carbonyl (C=O) groups excluding carboxylic acids is 2. The van der Waals surface area contributed by atoms with Gasteiger partial charge in [0, 0.05) is 86.6 Å². The summed E-state index contributed by atoms with van der Waals surface area (Å²) in [7, 11) is 1.97. The second-order valence-corrected chi connectivity index (χ2v) is 29.2. The van der Waals surface area contributed by atoms with E-state index in [0.717, 1.165) is 66.4 Å². The van der Waals surface area contributed by atoms with Gasteiger partial charge in [0.25, 0.3) is 0 Å². The Balaban J connectivity index is 0.980. The van der Waals surface area contributed by atoms with Crippen molar-refractivity contribution in [1.82, 2.24) is 14.9 Å². The van der Waals surface area contributed by atoms with Gasteiger partial charge in [0.1, 0.15) is 11.9 Å². The number of ketones is 2. The van der Waals surface area contributed by atoms with Crippen LogP contribution in [0.3, 0.4) is 0 Å². The Morgan fingerprint density at radius 3 is 2.38 bits per heavy atom. The molecule has 15 atom stereocenters. The lowest BCUT2D eigenvalue weighted by Gasteiger charge is -2.74. The van der Waals surface area contributed by atoms with Gasteiger partial charge in [0.05, 0.1) is 40.5 Å². The highest BCUT2D eigenvalue weighted by Gasteiger charge is 2.77. The van der Waals surface area contributed by atoms with Crippen molar-refractivity contribution < 1.29 is 39.5 Å². The number of aliphatic hydroxyl groups excluding tert-OH is 3. The van der Waals surface area contributed by atoms with Crippen molar-refractivity contribution in [2.24, 2.45) is 56.2 Å². The fourth-order valence-corrected chi connectivity index (χ4v) is 21.0. The van der Waals surface area contributed by atoms with Gasteiger partial charge in [-0.15, -0.1) is 0 Å².